The Morgan fingerprint density at radius 1 is 1.43 bits per heavy atom. The number of halogens is 1. The Labute approximate surface area is 128 Å². The zero-order valence-corrected chi connectivity index (χ0v) is 12.5. The molecule has 21 heavy (non-hydrogen) atoms. The number of rotatable bonds is 3. The van der Waals surface area contributed by atoms with Crippen LogP contribution in [-0.4, -0.2) is 48.2 Å². The van der Waals surface area contributed by atoms with Crippen molar-refractivity contribution in [1.29, 1.82) is 0 Å². The predicted molar refractivity (Wildman–Crippen MR) is 81.1 cm³/mol. The van der Waals surface area contributed by atoms with Crippen molar-refractivity contribution in [2.45, 2.75) is 18.9 Å². The summed E-state index contributed by atoms with van der Waals surface area (Å²) >= 11 is 5.77. The number of likely N-dealkylation sites (tertiary alicyclic amines) is 1. The van der Waals surface area contributed by atoms with Crippen LogP contribution in [0.4, 0.5) is 10.5 Å². The molecule has 1 saturated heterocycles. The van der Waals surface area contributed by atoms with Gasteiger partial charge in [-0.25, -0.2) is 9.59 Å². The van der Waals surface area contributed by atoms with Crippen molar-refractivity contribution in [2.75, 3.05) is 25.5 Å². The number of nitrogens with one attached hydrogen (secondary N) is 2. The standard InChI is InChI=1S/C14H18ClN3O3/c1-18-6-2-3-10(8-18)16-14(21)17-12-5-4-9(15)7-11(12)13(19)20/h4-5,7,10H,2-3,6,8H2,1H3,(H,19,20)(H2,16,17,21). The van der Waals surface area contributed by atoms with E-state index in [1.165, 1.54) is 18.2 Å². The Balaban J connectivity index is 2.01. The highest BCUT2D eigenvalue weighted by atomic mass is 35.5. The summed E-state index contributed by atoms with van der Waals surface area (Å²) in [6.45, 7) is 1.82. The molecule has 1 atom stereocenters. The van der Waals surface area contributed by atoms with Gasteiger partial charge in [0.2, 0.25) is 0 Å². The molecule has 0 radical (unpaired) electrons. The van der Waals surface area contributed by atoms with Gasteiger partial charge in [-0.1, -0.05) is 11.6 Å². The first kappa shape index (κ1) is 15.6. The van der Waals surface area contributed by atoms with Gasteiger partial charge in [0.15, 0.2) is 0 Å². The molecule has 0 aromatic heterocycles. The van der Waals surface area contributed by atoms with Crippen LogP contribution in [0.25, 0.3) is 0 Å². The minimum atomic E-state index is -1.13. The van der Waals surface area contributed by atoms with Crippen molar-refractivity contribution in [3.05, 3.63) is 28.8 Å². The zero-order valence-electron chi connectivity index (χ0n) is 11.7. The highest BCUT2D eigenvalue weighted by Crippen LogP contribution is 2.20. The predicted octanol–water partition coefficient (Wildman–Crippen LogP) is 2.25. The van der Waals surface area contributed by atoms with E-state index in [0.717, 1.165) is 25.9 Å². The maximum absolute atomic E-state index is 12.0. The van der Waals surface area contributed by atoms with E-state index in [2.05, 4.69) is 15.5 Å². The number of carboxylic acids is 1. The number of likely N-dealkylation sites (N-methyl/N-ethyl adjacent to an activating group) is 1. The molecule has 0 saturated carbocycles. The molecular weight excluding hydrogens is 294 g/mol. The van der Waals surface area contributed by atoms with E-state index >= 15 is 0 Å². The van der Waals surface area contributed by atoms with Gasteiger partial charge in [0.25, 0.3) is 0 Å². The number of amides is 2. The molecule has 114 valence electrons. The summed E-state index contributed by atoms with van der Waals surface area (Å²) in [7, 11) is 2.01. The first-order valence-corrected chi connectivity index (χ1v) is 7.12. The average molecular weight is 312 g/mol. The van der Waals surface area contributed by atoms with Gasteiger partial charge in [0.05, 0.1) is 11.3 Å². The first-order valence-electron chi connectivity index (χ1n) is 6.74. The number of carboxylic acid groups (broad SMARTS) is 1. The van der Waals surface area contributed by atoms with Crippen molar-refractivity contribution in [3.8, 4) is 0 Å². The van der Waals surface area contributed by atoms with Crippen molar-refractivity contribution < 1.29 is 14.7 Å². The minimum absolute atomic E-state index is 0.0292. The molecule has 0 aliphatic carbocycles. The maximum atomic E-state index is 12.0. The molecule has 1 aromatic rings. The van der Waals surface area contributed by atoms with Crippen LogP contribution in [0.2, 0.25) is 5.02 Å². The van der Waals surface area contributed by atoms with E-state index in [1.807, 2.05) is 7.05 Å². The van der Waals surface area contributed by atoms with Crippen LogP contribution in [0.15, 0.2) is 18.2 Å². The Bertz CT molecular complexity index is 550. The number of piperidine rings is 1. The summed E-state index contributed by atoms with van der Waals surface area (Å²) in [4.78, 5) is 25.3. The molecule has 1 aliphatic rings. The fraction of sp³-hybridized carbons (Fsp3) is 0.429. The number of nitrogens with zero attached hydrogens (tertiary/aromatic N) is 1. The van der Waals surface area contributed by atoms with Gasteiger partial charge < -0.3 is 20.6 Å². The van der Waals surface area contributed by atoms with E-state index in [-0.39, 0.29) is 17.3 Å². The van der Waals surface area contributed by atoms with Gasteiger partial charge in [-0.05, 0) is 44.6 Å². The number of carbonyl (C=O) groups excluding carboxylic acids is 1. The van der Waals surface area contributed by atoms with Gasteiger partial charge in [-0.15, -0.1) is 0 Å². The summed E-state index contributed by atoms with van der Waals surface area (Å²) in [5.41, 5.74) is 0.201. The molecule has 0 spiro atoms. The van der Waals surface area contributed by atoms with Crippen molar-refractivity contribution in [3.63, 3.8) is 0 Å². The molecule has 1 heterocycles. The van der Waals surface area contributed by atoms with Crippen LogP contribution in [0, 0.1) is 0 Å². The number of aromatic carboxylic acids is 1. The second-order valence-electron chi connectivity index (χ2n) is 5.19. The van der Waals surface area contributed by atoms with Crippen LogP contribution in [0.3, 0.4) is 0 Å². The van der Waals surface area contributed by atoms with Crippen LogP contribution in [0.1, 0.15) is 23.2 Å². The van der Waals surface area contributed by atoms with E-state index in [4.69, 9.17) is 16.7 Å². The highest BCUT2D eigenvalue weighted by molar-refractivity contribution is 6.31. The zero-order chi connectivity index (χ0) is 15.4. The summed E-state index contributed by atoms with van der Waals surface area (Å²) < 4.78 is 0. The number of urea groups is 1. The van der Waals surface area contributed by atoms with Gasteiger partial charge in [-0.3, -0.25) is 0 Å². The van der Waals surface area contributed by atoms with E-state index in [1.54, 1.807) is 0 Å². The Kier molecular flexibility index (Phi) is 5.03. The van der Waals surface area contributed by atoms with Gasteiger partial charge >= 0.3 is 12.0 Å². The van der Waals surface area contributed by atoms with E-state index in [9.17, 15) is 9.59 Å². The fourth-order valence-corrected chi connectivity index (χ4v) is 2.60. The Morgan fingerprint density at radius 2 is 2.19 bits per heavy atom. The van der Waals surface area contributed by atoms with Crippen molar-refractivity contribution in [2.24, 2.45) is 0 Å². The summed E-state index contributed by atoms with van der Waals surface area (Å²) in [5, 5.41) is 14.9. The lowest BCUT2D eigenvalue weighted by Crippen LogP contribution is -2.47. The molecular formula is C14H18ClN3O3. The van der Waals surface area contributed by atoms with Crippen LogP contribution >= 0.6 is 11.6 Å². The highest BCUT2D eigenvalue weighted by Gasteiger charge is 2.20. The third kappa shape index (κ3) is 4.34. The third-order valence-electron chi connectivity index (χ3n) is 3.42. The normalized spacial score (nSPS) is 19.0. The summed E-state index contributed by atoms with van der Waals surface area (Å²) in [5.74, 6) is -1.13. The average Bonchev–Trinajstić information content (AvgIpc) is 2.40. The fourth-order valence-electron chi connectivity index (χ4n) is 2.43. The van der Waals surface area contributed by atoms with Gasteiger partial charge in [-0.2, -0.15) is 0 Å². The molecule has 2 rings (SSSR count). The molecule has 6 nitrogen and oxygen atoms in total. The van der Waals surface area contributed by atoms with Gasteiger partial charge in [0.1, 0.15) is 0 Å². The van der Waals surface area contributed by atoms with Crippen LogP contribution in [0.5, 0.6) is 0 Å². The topological polar surface area (TPSA) is 81.7 Å². The lowest BCUT2D eigenvalue weighted by Gasteiger charge is -2.30. The van der Waals surface area contributed by atoms with Crippen molar-refractivity contribution in [1.82, 2.24) is 10.2 Å². The van der Waals surface area contributed by atoms with Crippen LogP contribution < -0.4 is 10.6 Å². The molecule has 0 bridgehead atoms. The summed E-state index contributed by atoms with van der Waals surface area (Å²) in [6, 6.07) is 4.01. The molecule has 1 fully saturated rings. The second kappa shape index (κ2) is 6.78. The Hall–Kier alpha value is -1.79. The summed E-state index contributed by atoms with van der Waals surface area (Å²) in [6.07, 6.45) is 1.95. The lowest BCUT2D eigenvalue weighted by atomic mass is 10.1. The molecule has 2 amide bonds. The van der Waals surface area contributed by atoms with E-state index in [0.29, 0.717) is 5.02 Å². The minimum Gasteiger partial charge on any atom is -0.478 e. The van der Waals surface area contributed by atoms with Crippen molar-refractivity contribution >= 4 is 29.3 Å². The molecule has 1 aliphatic heterocycles. The number of hydrogen-bond acceptors (Lipinski definition) is 3. The monoisotopic (exact) mass is 311 g/mol. The second-order valence-corrected chi connectivity index (χ2v) is 5.63. The quantitative estimate of drug-likeness (QED) is 0.799. The number of hydrogen-bond donors (Lipinski definition) is 3. The number of anilines is 1. The third-order valence-corrected chi connectivity index (χ3v) is 3.66. The van der Waals surface area contributed by atoms with Gasteiger partial charge in [0, 0.05) is 17.6 Å². The SMILES string of the molecule is CN1CCCC(NC(=O)Nc2ccc(Cl)cc2C(=O)O)C1. The number of benzene rings is 1. The first-order chi connectivity index (χ1) is 9.95. The molecule has 1 unspecified atom stereocenters. The molecule has 7 heteroatoms. The molecule has 3 N–H and O–H groups in total. The lowest BCUT2D eigenvalue weighted by molar-refractivity contribution is 0.0698. The maximum Gasteiger partial charge on any atom is 0.337 e. The molecule has 1 aromatic carbocycles. The van der Waals surface area contributed by atoms with E-state index < -0.39 is 12.0 Å². The Morgan fingerprint density at radius 3 is 2.86 bits per heavy atom. The number of carbonyl (C=O) groups is 2. The largest absolute Gasteiger partial charge is 0.478 e. The van der Waals surface area contributed by atoms with Crippen LogP contribution in [-0.2, 0) is 0 Å². The smallest absolute Gasteiger partial charge is 0.337 e.